The minimum Gasteiger partial charge on any atom is -0.304 e. The van der Waals surface area contributed by atoms with Gasteiger partial charge in [0.2, 0.25) is 0 Å². The van der Waals surface area contributed by atoms with Crippen molar-refractivity contribution in [2.24, 2.45) is 5.92 Å². The van der Waals surface area contributed by atoms with Gasteiger partial charge in [-0.1, -0.05) is 20.8 Å². The Bertz CT molecular complexity index is 383. The third-order valence-electron chi connectivity index (χ3n) is 4.26. The van der Waals surface area contributed by atoms with Crippen LogP contribution in [-0.2, 0) is 19.2 Å². The first-order chi connectivity index (χ1) is 12.3. The Labute approximate surface area is 158 Å². The predicted octanol–water partition coefficient (Wildman–Crippen LogP) is -0.0235. The Morgan fingerprint density at radius 2 is 1.00 bits per heavy atom. The van der Waals surface area contributed by atoms with Crippen LogP contribution in [0.5, 0.6) is 0 Å². The molecule has 0 bridgehead atoms. The highest BCUT2D eigenvalue weighted by atomic mass is 16.2. The molecule has 0 saturated carbocycles. The quantitative estimate of drug-likeness (QED) is 0.684. The van der Waals surface area contributed by atoms with E-state index in [0.29, 0.717) is 0 Å². The number of likely N-dealkylation sites (N-methyl/N-ethyl adjacent to an activating group) is 3. The van der Waals surface area contributed by atoms with E-state index < -0.39 is 0 Å². The third-order valence-corrected chi connectivity index (χ3v) is 4.26. The van der Waals surface area contributed by atoms with Crippen LogP contribution in [0.1, 0.15) is 20.8 Å². The molecule has 0 unspecified atom stereocenters. The van der Waals surface area contributed by atoms with Gasteiger partial charge in [-0.05, 0) is 26.6 Å². The van der Waals surface area contributed by atoms with Gasteiger partial charge in [0.25, 0.3) is 0 Å². The van der Waals surface area contributed by atoms with Crippen LogP contribution in [0, 0.1) is 5.92 Å². The van der Waals surface area contributed by atoms with Gasteiger partial charge in [-0.2, -0.15) is 19.2 Å². The first-order valence-corrected chi connectivity index (χ1v) is 9.14. The summed E-state index contributed by atoms with van der Waals surface area (Å²) in [7, 11) is 4.50. The molecule has 8 nitrogen and oxygen atoms in total. The first-order valence-electron chi connectivity index (χ1n) is 9.14. The molecule has 0 N–H and O–H groups in total. The highest BCUT2D eigenvalue weighted by Gasteiger charge is 2.13. The molecule has 26 heavy (non-hydrogen) atoms. The smallest absolute Gasteiger partial charge is 0.304 e. The normalized spacial score (nSPS) is 18.8. The van der Waals surface area contributed by atoms with E-state index in [4.69, 9.17) is 19.2 Å². The van der Waals surface area contributed by atoms with Gasteiger partial charge in [0.05, 0.1) is 0 Å². The summed E-state index contributed by atoms with van der Waals surface area (Å²) in [6.45, 7) is 18.9. The van der Waals surface area contributed by atoms with E-state index in [-0.39, 0.29) is 12.3 Å². The van der Waals surface area contributed by atoms with Gasteiger partial charge in [-0.15, -0.1) is 0 Å². The van der Waals surface area contributed by atoms with Crippen LogP contribution >= 0.6 is 0 Å². The molecule has 0 atom stereocenters. The zero-order chi connectivity index (χ0) is 20.4. The maximum Gasteiger partial charge on any atom is 0.373 e. The molecule has 1 saturated heterocycles. The SMILES string of the molecule is CCN1CCN(C)CCN(C)CCN(CC(C)C)CC1.O=C=O.O=C=O. The number of hydrogen-bond donors (Lipinski definition) is 0. The lowest BCUT2D eigenvalue weighted by Gasteiger charge is -2.32. The largest absolute Gasteiger partial charge is 0.373 e. The lowest BCUT2D eigenvalue weighted by Crippen LogP contribution is -2.45. The molecule has 0 aromatic heterocycles. The molecule has 152 valence electrons. The van der Waals surface area contributed by atoms with Crippen LogP contribution in [0.2, 0.25) is 0 Å². The number of carbonyl (C=O) groups excluding carboxylic acids is 4. The van der Waals surface area contributed by atoms with Gasteiger partial charge >= 0.3 is 12.3 Å². The zero-order valence-corrected chi connectivity index (χ0v) is 17.1. The van der Waals surface area contributed by atoms with Crippen molar-refractivity contribution >= 4 is 12.3 Å². The highest BCUT2D eigenvalue weighted by Crippen LogP contribution is 2.02. The van der Waals surface area contributed by atoms with E-state index in [1.54, 1.807) is 0 Å². The Hall–Kier alpha value is -1.40. The number of hydrogen-bond acceptors (Lipinski definition) is 8. The molecular formula is C18H36N4O4. The van der Waals surface area contributed by atoms with Crippen LogP contribution < -0.4 is 0 Å². The van der Waals surface area contributed by atoms with Crippen LogP contribution in [0.3, 0.4) is 0 Å². The van der Waals surface area contributed by atoms with Crippen molar-refractivity contribution in [2.75, 3.05) is 79.5 Å². The van der Waals surface area contributed by atoms with Gasteiger partial charge in [-0.3, -0.25) is 0 Å². The van der Waals surface area contributed by atoms with Crippen LogP contribution in [-0.4, -0.2) is 111 Å². The molecule has 0 spiro atoms. The minimum absolute atomic E-state index is 0.250. The molecule has 0 aromatic rings. The summed E-state index contributed by atoms with van der Waals surface area (Å²) in [5.41, 5.74) is 0. The number of rotatable bonds is 3. The Kier molecular flexibility index (Phi) is 19.0. The third kappa shape index (κ3) is 17.4. The van der Waals surface area contributed by atoms with Gasteiger partial charge in [0.15, 0.2) is 0 Å². The maximum atomic E-state index is 8.12. The summed E-state index contributed by atoms with van der Waals surface area (Å²) >= 11 is 0. The Morgan fingerprint density at radius 1 is 0.692 bits per heavy atom. The van der Waals surface area contributed by atoms with Gasteiger partial charge < -0.3 is 19.6 Å². The van der Waals surface area contributed by atoms with Crippen molar-refractivity contribution in [2.45, 2.75) is 20.8 Å². The summed E-state index contributed by atoms with van der Waals surface area (Å²) < 4.78 is 0. The lowest BCUT2D eigenvalue weighted by atomic mass is 10.2. The molecule has 0 amide bonds. The van der Waals surface area contributed by atoms with E-state index in [1.807, 2.05) is 0 Å². The monoisotopic (exact) mass is 372 g/mol. The van der Waals surface area contributed by atoms with Crippen molar-refractivity contribution < 1.29 is 19.2 Å². The fraction of sp³-hybridized carbons (Fsp3) is 0.889. The van der Waals surface area contributed by atoms with Crippen molar-refractivity contribution in [1.29, 1.82) is 0 Å². The van der Waals surface area contributed by atoms with E-state index in [1.165, 1.54) is 65.4 Å². The summed E-state index contributed by atoms with van der Waals surface area (Å²) in [5.74, 6) is 0.759. The van der Waals surface area contributed by atoms with E-state index in [2.05, 4.69) is 54.5 Å². The first kappa shape index (κ1) is 26.8. The summed E-state index contributed by atoms with van der Waals surface area (Å²) in [5, 5.41) is 0. The van der Waals surface area contributed by atoms with E-state index >= 15 is 0 Å². The van der Waals surface area contributed by atoms with Crippen LogP contribution in [0.15, 0.2) is 0 Å². The number of nitrogens with zero attached hydrogens (tertiary/aromatic N) is 4. The lowest BCUT2D eigenvalue weighted by molar-refractivity contribution is -0.193. The Balaban J connectivity index is 0. The van der Waals surface area contributed by atoms with Gasteiger partial charge in [0.1, 0.15) is 0 Å². The summed E-state index contributed by atoms with van der Waals surface area (Å²) in [6.07, 6.45) is 0.500. The average Bonchev–Trinajstić information content (AvgIpc) is 2.57. The molecule has 0 radical (unpaired) electrons. The molecule has 0 aromatic carbocycles. The molecule has 1 rings (SSSR count). The minimum atomic E-state index is 0.250. The molecule has 1 aliphatic rings. The Morgan fingerprint density at radius 3 is 1.38 bits per heavy atom. The second-order valence-corrected chi connectivity index (χ2v) is 6.90. The summed E-state index contributed by atoms with van der Waals surface area (Å²) in [4.78, 5) is 42.7. The van der Waals surface area contributed by atoms with E-state index in [0.717, 1.165) is 5.92 Å². The molecule has 1 fully saturated rings. The van der Waals surface area contributed by atoms with Crippen molar-refractivity contribution in [1.82, 2.24) is 19.6 Å². The second kappa shape index (κ2) is 18.4. The summed E-state index contributed by atoms with van der Waals surface area (Å²) in [6, 6.07) is 0. The van der Waals surface area contributed by atoms with Crippen molar-refractivity contribution in [3.8, 4) is 0 Å². The fourth-order valence-corrected chi connectivity index (χ4v) is 2.71. The molecular weight excluding hydrogens is 336 g/mol. The average molecular weight is 373 g/mol. The van der Waals surface area contributed by atoms with Gasteiger partial charge in [0, 0.05) is 58.9 Å². The standard InChI is InChI=1S/C16H36N4.2CO2/c1-6-19-11-9-17(4)7-8-18(5)10-12-20(14-13-19)15-16(2)3;2*2-1-3/h16H,6-15H2,1-5H3;;. The van der Waals surface area contributed by atoms with E-state index in [9.17, 15) is 0 Å². The van der Waals surface area contributed by atoms with Crippen molar-refractivity contribution in [3.63, 3.8) is 0 Å². The van der Waals surface area contributed by atoms with Crippen molar-refractivity contribution in [3.05, 3.63) is 0 Å². The molecule has 1 aliphatic heterocycles. The highest BCUT2D eigenvalue weighted by molar-refractivity contribution is 5.20. The topological polar surface area (TPSA) is 81.2 Å². The zero-order valence-electron chi connectivity index (χ0n) is 17.1. The fourth-order valence-electron chi connectivity index (χ4n) is 2.71. The molecule has 1 heterocycles. The van der Waals surface area contributed by atoms with Crippen LogP contribution in [0.4, 0.5) is 0 Å². The molecule has 0 aliphatic carbocycles. The molecule has 8 heteroatoms. The second-order valence-electron chi connectivity index (χ2n) is 6.90. The predicted molar refractivity (Wildman–Crippen MR) is 98.4 cm³/mol. The maximum absolute atomic E-state index is 8.12. The van der Waals surface area contributed by atoms with Gasteiger partial charge in [-0.25, -0.2) is 0 Å². The van der Waals surface area contributed by atoms with Crippen LogP contribution in [0.25, 0.3) is 0 Å².